The Bertz CT molecular complexity index is 1060. The molecule has 30 heavy (non-hydrogen) atoms. The van der Waals surface area contributed by atoms with Crippen molar-refractivity contribution in [1.29, 1.82) is 0 Å². The highest BCUT2D eigenvalue weighted by molar-refractivity contribution is 7.88. The lowest BCUT2D eigenvalue weighted by Gasteiger charge is -2.15. The summed E-state index contributed by atoms with van der Waals surface area (Å²) in [6, 6.07) is 5.02. The number of halogens is 3. The van der Waals surface area contributed by atoms with E-state index >= 15 is 0 Å². The number of benzene rings is 1. The number of amides is 1. The molecule has 1 aromatic carbocycles. The molecule has 0 bridgehead atoms. The Balaban J connectivity index is 1.72. The molecule has 1 aliphatic rings. The topological polar surface area (TPSA) is 125 Å². The van der Waals surface area contributed by atoms with Crippen molar-refractivity contribution < 1.29 is 26.4 Å². The summed E-state index contributed by atoms with van der Waals surface area (Å²) < 4.78 is 64.1. The van der Waals surface area contributed by atoms with Crippen molar-refractivity contribution in [3.8, 4) is 0 Å². The maximum Gasteiger partial charge on any atom is 0.421 e. The van der Waals surface area contributed by atoms with Gasteiger partial charge in [0.1, 0.15) is 11.4 Å². The zero-order chi connectivity index (χ0) is 21.9. The number of aromatic nitrogens is 2. The summed E-state index contributed by atoms with van der Waals surface area (Å²) in [5, 5.41) is 8.10. The van der Waals surface area contributed by atoms with Crippen molar-refractivity contribution in [3.05, 3.63) is 35.5 Å². The van der Waals surface area contributed by atoms with Crippen LogP contribution in [0.1, 0.15) is 17.5 Å². The lowest BCUT2D eigenvalue weighted by Crippen LogP contribution is -2.25. The van der Waals surface area contributed by atoms with Crippen LogP contribution in [0.15, 0.2) is 24.4 Å². The Morgan fingerprint density at radius 3 is 2.70 bits per heavy atom. The second-order valence-electron chi connectivity index (χ2n) is 6.62. The first-order valence-corrected chi connectivity index (χ1v) is 10.7. The monoisotopic (exact) mass is 444 g/mol. The minimum atomic E-state index is -4.66. The predicted molar refractivity (Wildman–Crippen MR) is 105 cm³/mol. The average molecular weight is 444 g/mol. The summed E-state index contributed by atoms with van der Waals surface area (Å²) in [4.78, 5) is 19.1. The van der Waals surface area contributed by atoms with E-state index in [1.165, 1.54) is 0 Å². The number of carbonyl (C=O) groups is 1. The van der Waals surface area contributed by atoms with Gasteiger partial charge in [-0.15, -0.1) is 0 Å². The third-order valence-electron chi connectivity index (χ3n) is 4.09. The van der Waals surface area contributed by atoms with Crippen molar-refractivity contribution >= 4 is 39.1 Å². The van der Waals surface area contributed by atoms with Crippen LogP contribution in [0.4, 0.5) is 36.3 Å². The number of alkyl halides is 3. The summed E-state index contributed by atoms with van der Waals surface area (Å²) in [7, 11) is -3.37. The van der Waals surface area contributed by atoms with Crippen molar-refractivity contribution in [2.75, 3.05) is 35.3 Å². The van der Waals surface area contributed by atoms with E-state index in [2.05, 4.69) is 30.6 Å². The van der Waals surface area contributed by atoms with Gasteiger partial charge in [-0.2, -0.15) is 18.2 Å². The third kappa shape index (κ3) is 5.79. The molecule has 0 spiro atoms. The lowest BCUT2D eigenvalue weighted by molar-refractivity contribution is -0.137. The van der Waals surface area contributed by atoms with Crippen LogP contribution in [-0.4, -0.2) is 43.6 Å². The number of fused-ring (bicyclic) bond motifs is 1. The number of hydrogen-bond donors (Lipinski definition) is 4. The summed E-state index contributed by atoms with van der Waals surface area (Å²) in [5.74, 6) is -0.612. The molecule has 0 unspecified atom stereocenters. The molecule has 0 radical (unpaired) electrons. The van der Waals surface area contributed by atoms with E-state index in [0.29, 0.717) is 17.6 Å². The average Bonchev–Trinajstić information content (AvgIpc) is 2.99. The first kappa shape index (κ1) is 21.8. The van der Waals surface area contributed by atoms with Gasteiger partial charge >= 0.3 is 6.18 Å². The Morgan fingerprint density at radius 1 is 1.23 bits per heavy atom. The number of nitrogens with zero attached hydrogens (tertiary/aromatic N) is 2. The Morgan fingerprint density at radius 2 is 2.00 bits per heavy atom. The zero-order valence-electron chi connectivity index (χ0n) is 15.8. The molecule has 4 N–H and O–H groups in total. The molecule has 13 heteroatoms. The summed E-state index contributed by atoms with van der Waals surface area (Å²) in [5.41, 5.74) is 0.929. The fraction of sp³-hybridized carbons (Fsp3) is 0.353. The zero-order valence-corrected chi connectivity index (χ0v) is 16.6. The highest BCUT2D eigenvalue weighted by Gasteiger charge is 2.35. The largest absolute Gasteiger partial charge is 0.421 e. The predicted octanol–water partition coefficient (Wildman–Crippen LogP) is 2.08. The van der Waals surface area contributed by atoms with Gasteiger partial charge in [-0.3, -0.25) is 4.79 Å². The quantitative estimate of drug-likeness (QED) is 0.460. The highest BCUT2D eigenvalue weighted by Crippen LogP contribution is 2.34. The first-order chi connectivity index (χ1) is 14.0. The van der Waals surface area contributed by atoms with E-state index in [0.717, 1.165) is 11.8 Å². The van der Waals surface area contributed by atoms with Gasteiger partial charge in [0.25, 0.3) is 0 Å². The number of anilines is 4. The van der Waals surface area contributed by atoms with Crippen LogP contribution >= 0.6 is 0 Å². The molecule has 2 heterocycles. The van der Waals surface area contributed by atoms with E-state index in [1.807, 2.05) is 0 Å². The first-order valence-electron chi connectivity index (χ1n) is 8.84. The maximum absolute atomic E-state index is 13.3. The van der Waals surface area contributed by atoms with Gasteiger partial charge in [0.2, 0.25) is 21.9 Å². The normalized spacial score (nSPS) is 13.7. The number of nitrogens with one attached hydrogen (secondary N) is 4. The van der Waals surface area contributed by atoms with Gasteiger partial charge in [0, 0.05) is 30.7 Å². The molecule has 162 valence electrons. The van der Waals surface area contributed by atoms with Gasteiger partial charge in [-0.1, -0.05) is 0 Å². The Kier molecular flexibility index (Phi) is 6.12. The van der Waals surface area contributed by atoms with E-state index in [-0.39, 0.29) is 37.8 Å². The standard InChI is InChI=1S/C17H19F3N6O3S/c1-30(28,29)23-6-2-5-21-15-12(17(18,19)20)9-22-16(26-15)24-11-3-4-13-10(7-11)8-14(27)25-13/h3-4,7,9,23H,2,5-6,8H2,1H3,(H,25,27)(H2,21,22,24,26). The Hall–Kier alpha value is -2.93. The molecule has 0 fully saturated rings. The fourth-order valence-electron chi connectivity index (χ4n) is 2.77. The molecule has 1 aliphatic heterocycles. The minimum Gasteiger partial charge on any atom is -0.369 e. The molecule has 9 nitrogen and oxygen atoms in total. The van der Waals surface area contributed by atoms with Gasteiger partial charge in [-0.25, -0.2) is 18.1 Å². The summed E-state index contributed by atoms with van der Waals surface area (Å²) in [6.07, 6.45) is -2.53. The number of hydrogen-bond acceptors (Lipinski definition) is 7. The van der Waals surface area contributed by atoms with Crippen LogP contribution in [0, 0.1) is 0 Å². The van der Waals surface area contributed by atoms with Gasteiger partial charge in [0.05, 0.1) is 12.7 Å². The molecular formula is C17H19F3N6O3S. The maximum atomic E-state index is 13.3. The minimum absolute atomic E-state index is 0.0583. The molecule has 0 atom stereocenters. The molecule has 0 saturated heterocycles. The van der Waals surface area contributed by atoms with Crippen LogP contribution in [-0.2, 0) is 27.4 Å². The van der Waals surface area contributed by atoms with Crippen molar-refractivity contribution in [1.82, 2.24) is 14.7 Å². The molecule has 0 aliphatic carbocycles. The van der Waals surface area contributed by atoms with Crippen molar-refractivity contribution in [3.63, 3.8) is 0 Å². The molecule has 1 aromatic heterocycles. The van der Waals surface area contributed by atoms with E-state index in [1.54, 1.807) is 18.2 Å². The molecule has 1 amide bonds. The second-order valence-corrected chi connectivity index (χ2v) is 8.46. The van der Waals surface area contributed by atoms with Crippen LogP contribution < -0.4 is 20.7 Å². The smallest absolute Gasteiger partial charge is 0.369 e. The molecule has 3 rings (SSSR count). The molecule has 0 saturated carbocycles. The van der Waals surface area contributed by atoms with Crippen LogP contribution in [0.5, 0.6) is 0 Å². The summed E-state index contributed by atoms with van der Waals surface area (Å²) >= 11 is 0. The lowest BCUT2D eigenvalue weighted by atomic mass is 10.1. The fourth-order valence-corrected chi connectivity index (χ4v) is 3.29. The van der Waals surface area contributed by atoms with E-state index in [9.17, 15) is 26.4 Å². The van der Waals surface area contributed by atoms with Crippen LogP contribution in [0.25, 0.3) is 0 Å². The van der Waals surface area contributed by atoms with E-state index in [4.69, 9.17) is 0 Å². The third-order valence-corrected chi connectivity index (χ3v) is 4.82. The highest BCUT2D eigenvalue weighted by atomic mass is 32.2. The van der Waals surface area contributed by atoms with Gasteiger partial charge in [0.15, 0.2) is 0 Å². The van der Waals surface area contributed by atoms with Gasteiger partial charge in [-0.05, 0) is 30.2 Å². The van der Waals surface area contributed by atoms with E-state index < -0.39 is 27.6 Å². The number of sulfonamides is 1. The van der Waals surface area contributed by atoms with Gasteiger partial charge < -0.3 is 16.0 Å². The SMILES string of the molecule is CS(=O)(=O)NCCCNc1nc(Nc2ccc3c(c2)CC(=O)N3)ncc1C(F)(F)F. The second kappa shape index (κ2) is 8.44. The van der Waals surface area contributed by atoms with Crippen molar-refractivity contribution in [2.24, 2.45) is 0 Å². The van der Waals surface area contributed by atoms with Crippen LogP contribution in [0.3, 0.4) is 0 Å². The van der Waals surface area contributed by atoms with Crippen molar-refractivity contribution in [2.45, 2.75) is 19.0 Å². The number of rotatable bonds is 8. The number of carbonyl (C=O) groups excluding carboxylic acids is 1. The van der Waals surface area contributed by atoms with Crippen LogP contribution in [0.2, 0.25) is 0 Å². The summed E-state index contributed by atoms with van der Waals surface area (Å²) in [6.45, 7) is 0.139. The Labute approximate surface area is 170 Å². The molecular weight excluding hydrogens is 425 g/mol. The molecule has 2 aromatic rings.